The maximum atomic E-state index is 5.55. The molecule has 0 spiro atoms. The largest absolute Gasteiger partial charge is 0.330 e. The van der Waals surface area contributed by atoms with Gasteiger partial charge in [-0.3, -0.25) is 0 Å². The Hall–Kier alpha value is -0.870. The maximum Gasteiger partial charge on any atom is 0.109 e. The van der Waals surface area contributed by atoms with Crippen molar-refractivity contribution >= 4 is 27.0 Å². The summed E-state index contributed by atoms with van der Waals surface area (Å²) >= 11 is 3.50. The lowest BCUT2D eigenvalue weighted by atomic mass is 10.2. The van der Waals surface area contributed by atoms with Gasteiger partial charge in [0.25, 0.3) is 0 Å². The molecule has 0 fully saturated rings. The molecule has 2 rings (SSSR count). The van der Waals surface area contributed by atoms with Crippen molar-refractivity contribution in [3.63, 3.8) is 0 Å². The van der Waals surface area contributed by atoms with Gasteiger partial charge >= 0.3 is 0 Å². The Bertz CT molecular complexity index is 519. The number of nitrogens with two attached hydrogens (primary N) is 1. The predicted octanol–water partition coefficient (Wildman–Crippen LogP) is 3.49. The molecule has 98 valence electrons. The number of benzene rings is 1. The lowest BCUT2D eigenvalue weighted by Gasteiger charge is -2.07. The van der Waals surface area contributed by atoms with Crippen LogP contribution in [-0.4, -0.2) is 16.1 Å². The van der Waals surface area contributed by atoms with Crippen LogP contribution in [0.2, 0.25) is 0 Å². The van der Waals surface area contributed by atoms with Crippen molar-refractivity contribution in [2.24, 2.45) is 5.73 Å². The van der Waals surface area contributed by atoms with E-state index in [2.05, 4.69) is 45.6 Å². The van der Waals surface area contributed by atoms with E-state index >= 15 is 0 Å². The summed E-state index contributed by atoms with van der Waals surface area (Å²) in [5.74, 6) is 1.19. The average Bonchev–Trinajstić information content (AvgIpc) is 2.68. The Morgan fingerprint density at radius 1 is 1.33 bits per heavy atom. The van der Waals surface area contributed by atoms with Crippen LogP contribution in [-0.2, 0) is 13.0 Å². The van der Waals surface area contributed by atoms with Crippen LogP contribution in [0.15, 0.2) is 22.7 Å². The quantitative estimate of drug-likeness (QED) is 0.830. The molecule has 1 heterocycles. The normalized spacial score (nSPS) is 11.3. The topological polar surface area (TPSA) is 43.8 Å². The molecule has 0 aliphatic carbocycles. The van der Waals surface area contributed by atoms with Gasteiger partial charge in [0.1, 0.15) is 5.82 Å². The Morgan fingerprint density at radius 2 is 2.17 bits per heavy atom. The van der Waals surface area contributed by atoms with E-state index in [-0.39, 0.29) is 0 Å². The molecule has 0 saturated carbocycles. The van der Waals surface area contributed by atoms with E-state index in [9.17, 15) is 0 Å². The summed E-state index contributed by atoms with van der Waals surface area (Å²) in [7, 11) is 0. The number of hydrogen-bond acceptors (Lipinski definition) is 2. The third-order valence-electron chi connectivity index (χ3n) is 3.09. The fraction of sp³-hybridized carbons (Fsp3) is 0.500. The zero-order valence-electron chi connectivity index (χ0n) is 10.8. The van der Waals surface area contributed by atoms with Gasteiger partial charge in [-0.2, -0.15) is 0 Å². The summed E-state index contributed by atoms with van der Waals surface area (Å²) in [6.45, 7) is 4.00. The number of aryl methyl sites for hydroxylation is 2. The third-order valence-corrected chi connectivity index (χ3v) is 3.58. The van der Waals surface area contributed by atoms with Crippen molar-refractivity contribution in [2.45, 2.75) is 39.2 Å². The van der Waals surface area contributed by atoms with Crippen LogP contribution >= 0.6 is 15.9 Å². The second kappa shape index (κ2) is 6.34. The minimum absolute atomic E-state index is 0.763. The number of hydrogen-bond donors (Lipinski definition) is 1. The monoisotopic (exact) mass is 309 g/mol. The number of halogens is 1. The highest BCUT2D eigenvalue weighted by atomic mass is 79.9. The zero-order valence-corrected chi connectivity index (χ0v) is 12.4. The molecule has 18 heavy (non-hydrogen) atoms. The van der Waals surface area contributed by atoms with Crippen molar-refractivity contribution in [1.29, 1.82) is 0 Å². The second-order valence-electron chi connectivity index (χ2n) is 4.56. The van der Waals surface area contributed by atoms with Gasteiger partial charge in [0.15, 0.2) is 0 Å². The molecule has 2 N–H and O–H groups in total. The fourth-order valence-corrected chi connectivity index (χ4v) is 2.59. The van der Waals surface area contributed by atoms with Crippen LogP contribution in [0, 0.1) is 0 Å². The molecule has 0 radical (unpaired) electrons. The second-order valence-corrected chi connectivity index (χ2v) is 5.47. The van der Waals surface area contributed by atoms with Crippen molar-refractivity contribution in [3.05, 3.63) is 28.5 Å². The van der Waals surface area contributed by atoms with Crippen LogP contribution in [0.25, 0.3) is 11.0 Å². The molecular weight excluding hydrogens is 290 g/mol. The molecule has 0 atom stereocenters. The number of imidazole rings is 1. The molecule has 0 amide bonds. The van der Waals surface area contributed by atoms with Crippen molar-refractivity contribution in [2.75, 3.05) is 6.54 Å². The van der Waals surface area contributed by atoms with Crippen molar-refractivity contribution in [1.82, 2.24) is 9.55 Å². The highest BCUT2D eigenvalue weighted by molar-refractivity contribution is 9.10. The van der Waals surface area contributed by atoms with Gasteiger partial charge in [0.2, 0.25) is 0 Å². The molecule has 0 aliphatic rings. The summed E-state index contributed by atoms with van der Waals surface area (Å²) < 4.78 is 3.43. The van der Waals surface area contributed by atoms with Gasteiger partial charge in [0, 0.05) is 17.4 Å². The van der Waals surface area contributed by atoms with Gasteiger partial charge in [-0.25, -0.2) is 4.98 Å². The van der Waals surface area contributed by atoms with E-state index in [0.29, 0.717) is 0 Å². The van der Waals surface area contributed by atoms with E-state index in [0.717, 1.165) is 48.8 Å². The number of nitrogens with zero attached hydrogens (tertiary/aromatic N) is 2. The number of rotatable bonds is 6. The van der Waals surface area contributed by atoms with Crippen LogP contribution in [0.3, 0.4) is 0 Å². The van der Waals surface area contributed by atoms with Crippen LogP contribution < -0.4 is 5.73 Å². The zero-order chi connectivity index (χ0) is 13.0. The van der Waals surface area contributed by atoms with Crippen molar-refractivity contribution in [3.8, 4) is 0 Å². The lowest BCUT2D eigenvalue weighted by Crippen LogP contribution is -2.05. The van der Waals surface area contributed by atoms with Crippen molar-refractivity contribution < 1.29 is 0 Å². The molecule has 0 bridgehead atoms. The first-order valence-electron chi connectivity index (χ1n) is 6.61. The smallest absolute Gasteiger partial charge is 0.109 e. The summed E-state index contributed by atoms with van der Waals surface area (Å²) in [4.78, 5) is 4.76. The summed E-state index contributed by atoms with van der Waals surface area (Å²) in [5.41, 5.74) is 7.87. The third kappa shape index (κ3) is 2.93. The van der Waals surface area contributed by atoms with Crippen LogP contribution in [0.4, 0.5) is 0 Å². The minimum atomic E-state index is 0.763. The van der Waals surface area contributed by atoms with Gasteiger partial charge < -0.3 is 10.3 Å². The van der Waals surface area contributed by atoms with Gasteiger partial charge in [-0.15, -0.1) is 0 Å². The molecular formula is C14H20BrN3. The van der Waals surface area contributed by atoms with Gasteiger partial charge in [-0.05, 0) is 44.0 Å². The van der Waals surface area contributed by atoms with Crippen LogP contribution in [0.1, 0.15) is 32.0 Å². The Morgan fingerprint density at radius 3 is 2.89 bits per heavy atom. The van der Waals surface area contributed by atoms with E-state index in [1.165, 1.54) is 11.3 Å². The van der Waals surface area contributed by atoms with E-state index < -0.39 is 0 Å². The Labute approximate surface area is 117 Å². The predicted molar refractivity (Wildman–Crippen MR) is 79.7 cm³/mol. The molecule has 2 aromatic rings. The van der Waals surface area contributed by atoms with Crippen LogP contribution in [0.5, 0.6) is 0 Å². The molecule has 0 unspecified atom stereocenters. The number of unbranched alkanes of at least 4 members (excludes halogenated alkanes) is 1. The Kier molecular flexibility index (Phi) is 4.78. The molecule has 0 saturated heterocycles. The standard InChI is InChI=1S/C14H20BrN3/c1-2-9-18-13-7-6-11(15)10-12(13)17-14(18)5-3-4-8-16/h6-7,10H,2-5,8-9,16H2,1H3. The first-order valence-corrected chi connectivity index (χ1v) is 7.40. The lowest BCUT2D eigenvalue weighted by molar-refractivity contribution is 0.627. The minimum Gasteiger partial charge on any atom is -0.330 e. The van der Waals surface area contributed by atoms with E-state index in [1.807, 2.05) is 0 Å². The summed E-state index contributed by atoms with van der Waals surface area (Å²) in [6, 6.07) is 6.32. The number of fused-ring (bicyclic) bond motifs is 1. The fourth-order valence-electron chi connectivity index (χ4n) is 2.24. The summed E-state index contributed by atoms with van der Waals surface area (Å²) in [6.07, 6.45) is 4.33. The van der Waals surface area contributed by atoms with Gasteiger partial charge in [-0.1, -0.05) is 22.9 Å². The highest BCUT2D eigenvalue weighted by Gasteiger charge is 2.09. The Balaban J connectivity index is 2.34. The molecule has 1 aromatic carbocycles. The highest BCUT2D eigenvalue weighted by Crippen LogP contribution is 2.22. The first-order chi connectivity index (χ1) is 8.76. The molecule has 3 nitrogen and oxygen atoms in total. The average molecular weight is 310 g/mol. The molecule has 1 aromatic heterocycles. The molecule has 4 heteroatoms. The number of aromatic nitrogens is 2. The molecule has 0 aliphatic heterocycles. The summed E-state index contributed by atoms with van der Waals surface area (Å²) in [5, 5.41) is 0. The SMILES string of the molecule is CCCn1c(CCCCN)nc2cc(Br)ccc21. The maximum absolute atomic E-state index is 5.55. The van der Waals surface area contributed by atoms with E-state index in [1.54, 1.807) is 0 Å². The first kappa shape index (κ1) is 13.6. The van der Waals surface area contributed by atoms with Gasteiger partial charge in [0.05, 0.1) is 11.0 Å². The van der Waals surface area contributed by atoms with E-state index in [4.69, 9.17) is 10.7 Å².